The van der Waals surface area contributed by atoms with Gasteiger partial charge in [-0.05, 0) is 22.0 Å². The normalized spacial score (nSPS) is 11.1. The summed E-state index contributed by atoms with van der Waals surface area (Å²) in [7, 11) is -1.12. The third-order valence-corrected chi connectivity index (χ3v) is 4.54. The summed E-state index contributed by atoms with van der Waals surface area (Å²) in [6.45, 7) is 7.59. The van der Waals surface area contributed by atoms with Gasteiger partial charge in [0.2, 0.25) is 0 Å². The number of carbonyl (C=O) groups excluding carboxylic acids is 1. The van der Waals surface area contributed by atoms with Gasteiger partial charge < -0.3 is 14.6 Å². The summed E-state index contributed by atoms with van der Waals surface area (Å²) >= 11 is 3.22. The minimum atomic E-state index is -1.30. The molecular weight excluding hydrogens is 311 g/mol. The summed E-state index contributed by atoms with van der Waals surface area (Å²) < 4.78 is 7.47. The van der Waals surface area contributed by atoms with Crippen molar-refractivity contribution in [1.29, 1.82) is 0 Å². The maximum Gasteiger partial charge on any atom is 1.00 e. The summed E-state index contributed by atoms with van der Waals surface area (Å²) in [5.41, 5.74) is 0. The number of halogens is 1. The van der Waals surface area contributed by atoms with Crippen molar-refractivity contribution in [2.45, 2.75) is 32.4 Å². The molecule has 1 heterocycles. The Balaban J connectivity index is 0.00000289. The predicted octanol–water partition coefficient (Wildman–Crippen LogP) is -1.67. The first-order chi connectivity index (χ1) is 7.81. The molecular formula is C10H16BrLiN2O3Si. The molecule has 0 saturated heterocycles. The quantitative estimate of drug-likeness (QED) is 0.463. The maximum atomic E-state index is 10.8. The average molecular weight is 327 g/mol. The molecule has 96 valence electrons. The molecule has 0 aliphatic rings. The number of carboxylic acids is 1. The summed E-state index contributed by atoms with van der Waals surface area (Å²) in [6, 6.07) is 1.04. The van der Waals surface area contributed by atoms with Gasteiger partial charge in [-0.3, -0.25) is 4.57 Å². The number of aromatic carboxylic acids is 1. The van der Waals surface area contributed by atoms with Gasteiger partial charge in [0.25, 0.3) is 0 Å². The first-order valence-corrected chi connectivity index (χ1v) is 9.81. The Hall–Kier alpha value is -0.0657. The van der Waals surface area contributed by atoms with Crippen molar-refractivity contribution in [3.05, 3.63) is 16.6 Å². The van der Waals surface area contributed by atoms with E-state index in [4.69, 9.17) is 4.74 Å². The van der Waals surface area contributed by atoms with E-state index < -0.39 is 14.0 Å². The SMILES string of the molecule is C[Si](C)(C)CCOCn1c(Br)cnc1C(=O)[O-].[Li+]. The van der Waals surface area contributed by atoms with Crippen LogP contribution in [0.1, 0.15) is 10.6 Å². The molecule has 0 aromatic carbocycles. The topological polar surface area (TPSA) is 67.2 Å². The Kier molecular flexibility index (Phi) is 7.48. The number of aromatic nitrogens is 2. The third-order valence-electron chi connectivity index (χ3n) is 2.21. The van der Waals surface area contributed by atoms with Crippen LogP contribution in [0, 0.1) is 0 Å². The summed E-state index contributed by atoms with van der Waals surface area (Å²) in [5.74, 6) is -1.42. The Morgan fingerprint density at radius 1 is 1.56 bits per heavy atom. The number of rotatable bonds is 6. The van der Waals surface area contributed by atoms with Crippen molar-refractivity contribution in [3.63, 3.8) is 0 Å². The number of ether oxygens (including phenoxy) is 1. The molecule has 0 N–H and O–H groups in total. The molecule has 0 aliphatic carbocycles. The van der Waals surface area contributed by atoms with Crippen molar-refractivity contribution >= 4 is 30.0 Å². The van der Waals surface area contributed by atoms with E-state index in [1.54, 1.807) is 0 Å². The van der Waals surface area contributed by atoms with Gasteiger partial charge in [-0.25, -0.2) is 4.98 Å². The van der Waals surface area contributed by atoms with Crippen LogP contribution in [0.2, 0.25) is 25.7 Å². The fourth-order valence-corrected chi connectivity index (χ4v) is 2.30. The average Bonchev–Trinajstić information content (AvgIpc) is 2.53. The fraction of sp³-hybridized carbons (Fsp3) is 0.600. The van der Waals surface area contributed by atoms with Crippen LogP contribution in [0.5, 0.6) is 0 Å². The van der Waals surface area contributed by atoms with E-state index in [1.807, 2.05) is 0 Å². The fourth-order valence-electron chi connectivity index (χ4n) is 1.17. The molecule has 1 aromatic heterocycles. The third kappa shape index (κ3) is 5.72. The second kappa shape index (κ2) is 7.51. The van der Waals surface area contributed by atoms with E-state index >= 15 is 0 Å². The standard InChI is InChI=1S/C10H17BrN2O3Si.Li/c1-17(2,3)5-4-16-7-13-8(11)6-12-9(13)10(14)15;/h6H,4-5,7H2,1-3H3,(H,14,15);/q;+1/p-1. The van der Waals surface area contributed by atoms with E-state index in [9.17, 15) is 9.90 Å². The van der Waals surface area contributed by atoms with Gasteiger partial charge in [-0.2, -0.15) is 0 Å². The molecule has 0 fully saturated rings. The van der Waals surface area contributed by atoms with Gasteiger partial charge in [0, 0.05) is 14.7 Å². The summed E-state index contributed by atoms with van der Waals surface area (Å²) in [5, 5.41) is 10.8. The van der Waals surface area contributed by atoms with Crippen molar-refractivity contribution in [2.24, 2.45) is 0 Å². The van der Waals surface area contributed by atoms with Gasteiger partial charge in [0.05, 0.1) is 6.20 Å². The Labute approximate surface area is 128 Å². The minimum Gasteiger partial charge on any atom is -0.542 e. The molecule has 8 heteroatoms. The van der Waals surface area contributed by atoms with Crippen LogP contribution in [0.15, 0.2) is 10.8 Å². The van der Waals surface area contributed by atoms with Gasteiger partial charge in [-0.15, -0.1) is 0 Å². The van der Waals surface area contributed by atoms with Crippen LogP contribution in [0.4, 0.5) is 0 Å². The molecule has 0 unspecified atom stereocenters. The molecule has 5 nitrogen and oxygen atoms in total. The number of carboxylic acid groups (broad SMARTS) is 1. The number of carbonyl (C=O) groups is 1. The van der Waals surface area contributed by atoms with E-state index in [0.29, 0.717) is 11.2 Å². The molecule has 0 bridgehead atoms. The van der Waals surface area contributed by atoms with E-state index in [2.05, 4.69) is 40.6 Å². The molecule has 0 radical (unpaired) electrons. The van der Waals surface area contributed by atoms with Gasteiger partial charge >= 0.3 is 18.9 Å². The van der Waals surface area contributed by atoms with Crippen molar-refractivity contribution in [2.75, 3.05) is 6.61 Å². The first-order valence-electron chi connectivity index (χ1n) is 5.31. The monoisotopic (exact) mass is 326 g/mol. The molecule has 0 atom stereocenters. The molecule has 0 saturated carbocycles. The summed E-state index contributed by atoms with van der Waals surface area (Å²) in [6.07, 6.45) is 1.42. The second-order valence-electron chi connectivity index (χ2n) is 4.97. The molecule has 1 rings (SSSR count). The van der Waals surface area contributed by atoms with Crippen LogP contribution in [0.3, 0.4) is 0 Å². The molecule has 0 spiro atoms. The molecule has 0 aliphatic heterocycles. The van der Waals surface area contributed by atoms with Crippen LogP contribution in [-0.2, 0) is 11.5 Å². The maximum absolute atomic E-state index is 10.8. The van der Waals surface area contributed by atoms with Crippen molar-refractivity contribution in [1.82, 2.24) is 9.55 Å². The van der Waals surface area contributed by atoms with E-state index in [1.165, 1.54) is 10.8 Å². The van der Waals surface area contributed by atoms with E-state index in [0.717, 1.165) is 6.04 Å². The van der Waals surface area contributed by atoms with Gasteiger partial charge in [0.15, 0.2) is 5.82 Å². The Morgan fingerprint density at radius 3 is 2.67 bits per heavy atom. The van der Waals surface area contributed by atoms with Gasteiger partial charge in [-0.1, -0.05) is 19.6 Å². The zero-order valence-electron chi connectivity index (χ0n) is 11.2. The zero-order chi connectivity index (χ0) is 13.1. The first kappa shape index (κ1) is 17.9. The second-order valence-corrected chi connectivity index (χ2v) is 11.4. The minimum absolute atomic E-state index is 0. The van der Waals surface area contributed by atoms with Gasteiger partial charge in [0.1, 0.15) is 17.3 Å². The number of hydrogen-bond acceptors (Lipinski definition) is 4. The van der Waals surface area contributed by atoms with Crippen molar-refractivity contribution < 1.29 is 33.5 Å². The van der Waals surface area contributed by atoms with E-state index in [-0.39, 0.29) is 31.4 Å². The van der Waals surface area contributed by atoms with Crippen LogP contribution in [-0.4, -0.2) is 30.2 Å². The van der Waals surface area contributed by atoms with Crippen LogP contribution < -0.4 is 24.0 Å². The number of nitrogens with zero attached hydrogens (tertiary/aromatic N) is 2. The summed E-state index contributed by atoms with van der Waals surface area (Å²) in [4.78, 5) is 14.5. The predicted molar refractivity (Wildman–Crippen MR) is 68.4 cm³/mol. The molecule has 0 amide bonds. The Morgan fingerprint density at radius 2 is 2.17 bits per heavy atom. The van der Waals surface area contributed by atoms with Crippen molar-refractivity contribution in [3.8, 4) is 0 Å². The Bertz CT molecular complexity index is 406. The molecule has 18 heavy (non-hydrogen) atoms. The van der Waals surface area contributed by atoms with Crippen LogP contribution in [0.25, 0.3) is 0 Å². The number of hydrogen-bond donors (Lipinski definition) is 0. The zero-order valence-corrected chi connectivity index (χ0v) is 13.8. The number of imidazole rings is 1. The smallest absolute Gasteiger partial charge is 0.542 e. The molecule has 1 aromatic rings. The van der Waals surface area contributed by atoms with Crippen LogP contribution >= 0.6 is 15.9 Å². The largest absolute Gasteiger partial charge is 1.00 e.